The first kappa shape index (κ1) is 20.3. The molecule has 0 radical (unpaired) electrons. The second-order valence-corrected chi connectivity index (χ2v) is 6.95. The Balaban J connectivity index is 1.78. The van der Waals surface area contributed by atoms with Gasteiger partial charge in [0, 0.05) is 32.6 Å². The molecule has 1 amide bonds. The van der Waals surface area contributed by atoms with Gasteiger partial charge in [-0.3, -0.25) is 4.79 Å². The van der Waals surface area contributed by atoms with Crippen molar-refractivity contribution in [1.29, 1.82) is 0 Å². The van der Waals surface area contributed by atoms with Crippen LogP contribution in [0, 0.1) is 0 Å². The molecule has 1 aliphatic rings. The summed E-state index contributed by atoms with van der Waals surface area (Å²) in [6.07, 6.45) is 5.32. The highest BCUT2D eigenvalue weighted by Crippen LogP contribution is 2.28. The van der Waals surface area contributed by atoms with Gasteiger partial charge >= 0.3 is 0 Å². The van der Waals surface area contributed by atoms with Crippen LogP contribution in [-0.4, -0.2) is 44.2 Å². The number of nitrogens with one attached hydrogen (secondary N) is 1. The predicted molar refractivity (Wildman–Crippen MR) is 105 cm³/mol. The van der Waals surface area contributed by atoms with E-state index < -0.39 is 0 Å². The van der Waals surface area contributed by atoms with Gasteiger partial charge in [-0.05, 0) is 43.0 Å². The summed E-state index contributed by atoms with van der Waals surface area (Å²) in [5, 5.41) is 3.36. The smallest absolute Gasteiger partial charge is 0.223 e. The van der Waals surface area contributed by atoms with Gasteiger partial charge in [0.05, 0.1) is 7.11 Å². The Kier molecular flexibility index (Phi) is 8.48. The molecule has 0 atom stereocenters. The SMILES string of the molecule is C=C(C)COc1cc(CNCCC(=O)N2CCCCCC2)ccc1OC. The molecule has 0 saturated carbocycles. The number of ether oxygens (including phenoxy) is 2. The average Bonchev–Trinajstić information content (AvgIpc) is 2.93. The monoisotopic (exact) mass is 360 g/mol. The molecule has 1 fully saturated rings. The van der Waals surface area contributed by atoms with E-state index in [1.807, 2.05) is 30.0 Å². The fourth-order valence-corrected chi connectivity index (χ4v) is 3.05. The number of carbonyl (C=O) groups is 1. The largest absolute Gasteiger partial charge is 0.493 e. The van der Waals surface area contributed by atoms with Crippen LogP contribution >= 0.6 is 0 Å². The van der Waals surface area contributed by atoms with Crippen molar-refractivity contribution in [3.63, 3.8) is 0 Å². The number of benzene rings is 1. The van der Waals surface area contributed by atoms with Crippen molar-refractivity contribution < 1.29 is 14.3 Å². The van der Waals surface area contributed by atoms with Crippen molar-refractivity contribution >= 4 is 5.91 Å². The number of carbonyl (C=O) groups excluding carboxylic acids is 1. The summed E-state index contributed by atoms with van der Waals surface area (Å²) >= 11 is 0. The number of methoxy groups -OCH3 is 1. The van der Waals surface area contributed by atoms with Gasteiger partial charge in [-0.1, -0.05) is 25.5 Å². The normalized spacial score (nSPS) is 14.6. The van der Waals surface area contributed by atoms with Gasteiger partial charge in [-0.25, -0.2) is 0 Å². The van der Waals surface area contributed by atoms with Gasteiger partial charge < -0.3 is 19.7 Å². The van der Waals surface area contributed by atoms with Gasteiger partial charge in [0.1, 0.15) is 6.61 Å². The fraction of sp³-hybridized carbons (Fsp3) is 0.571. The second kappa shape index (κ2) is 10.9. The number of rotatable bonds is 9. The van der Waals surface area contributed by atoms with E-state index in [0.717, 1.165) is 42.8 Å². The highest BCUT2D eigenvalue weighted by molar-refractivity contribution is 5.76. The minimum Gasteiger partial charge on any atom is -0.493 e. The Hall–Kier alpha value is -2.01. The zero-order valence-electron chi connectivity index (χ0n) is 16.2. The lowest BCUT2D eigenvalue weighted by Gasteiger charge is -2.20. The van der Waals surface area contributed by atoms with E-state index in [1.165, 1.54) is 12.8 Å². The topological polar surface area (TPSA) is 50.8 Å². The first-order chi connectivity index (χ1) is 12.6. The zero-order chi connectivity index (χ0) is 18.8. The minimum atomic E-state index is 0.264. The van der Waals surface area contributed by atoms with Crippen LogP contribution in [0.25, 0.3) is 0 Å². The molecule has 1 aromatic rings. The number of nitrogens with zero attached hydrogens (tertiary/aromatic N) is 1. The molecule has 0 unspecified atom stereocenters. The molecule has 0 aromatic heterocycles. The maximum atomic E-state index is 12.3. The zero-order valence-corrected chi connectivity index (χ0v) is 16.2. The van der Waals surface area contributed by atoms with Gasteiger partial charge in [-0.2, -0.15) is 0 Å². The lowest BCUT2D eigenvalue weighted by molar-refractivity contribution is -0.131. The van der Waals surface area contributed by atoms with Crippen LogP contribution in [0.4, 0.5) is 0 Å². The Morgan fingerprint density at radius 1 is 1.19 bits per heavy atom. The van der Waals surface area contributed by atoms with E-state index in [-0.39, 0.29) is 5.91 Å². The molecule has 1 aromatic carbocycles. The Morgan fingerprint density at radius 3 is 2.58 bits per heavy atom. The van der Waals surface area contributed by atoms with E-state index in [0.29, 0.717) is 31.9 Å². The summed E-state index contributed by atoms with van der Waals surface area (Å²) in [6.45, 7) is 9.47. The fourth-order valence-electron chi connectivity index (χ4n) is 3.05. The molecule has 0 aliphatic carbocycles. The molecule has 5 heteroatoms. The number of hydrogen-bond acceptors (Lipinski definition) is 4. The number of amides is 1. The standard InChI is InChI=1S/C21H32N2O3/c1-17(2)16-26-20-14-18(8-9-19(20)25-3)15-22-11-10-21(24)23-12-6-4-5-7-13-23/h8-9,14,22H,1,4-7,10-13,15-16H2,2-3H3. The van der Waals surface area contributed by atoms with Crippen molar-refractivity contribution in [3.8, 4) is 11.5 Å². The third-order valence-corrected chi connectivity index (χ3v) is 4.51. The van der Waals surface area contributed by atoms with Gasteiger partial charge in [0.2, 0.25) is 5.91 Å². The van der Waals surface area contributed by atoms with Crippen LogP contribution in [-0.2, 0) is 11.3 Å². The molecule has 26 heavy (non-hydrogen) atoms. The van der Waals surface area contributed by atoms with Crippen LogP contribution in [0.15, 0.2) is 30.4 Å². The van der Waals surface area contributed by atoms with Gasteiger partial charge in [-0.15, -0.1) is 0 Å². The molecule has 2 rings (SSSR count). The van der Waals surface area contributed by atoms with Gasteiger partial charge in [0.25, 0.3) is 0 Å². The van der Waals surface area contributed by atoms with Crippen LogP contribution in [0.3, 0.4) is 0 Å². The summed E-state index contributed by atoms with van der Waals surface area (Å²) in [5.74, 6) is 1.70. The first-order valence-corrected chi connectivity index (χ1v) is 9.52. The van der Waals surface area contributed by atoms with E-state index in [1.54, 1.807) is 7.11 Å². The molecule has 5 nitrogen and oxygen atoms in total. The van der Waals surface area contributed by atoms with Crippen LogP contribution < -0.4 is 14.8 Å². The number of hydrogen-bond donors (Lipinski definition) is 1. The summed E-state index contributed by atoms with van der Waals surface area (Å²) in [7, 11) is 1.63. The van der Waals surface area contributed by atoms with Gasteiger partial charge in [0.15, 0.2) is 11.5 Å². The highest BCUT2D eigenvalue weighted by atomic mass is 16.5. The van der Waals surface area contributed by atoms with E-state index in [4.69, 9.17) is 9.47 Å². The van der Waals surface area contributed by atoms with E-state index >= 15 is 0 Å². The lowest BCUT2D eigenvalue weighted by Crippen LogP contribution is -2.33. The van der Waals surface area contributed by atoms with Crippen LogP contribution in [0.5, 0.6) is 11.5 Å². The number of likely N-dealkylation sites (tertiary alicyclic amines) is 1. The molecule has 1 aliphatic heterocycles. The minimum absolute atomic E-state index is 0.264. The quantitative estimate of drug-likeness (QED) is 0.541. The Labute approximate surface area is 157 Å². The summed E-state index contributed by atoms with van der Waals surface area (Å²) in [5.41, 5.74) is 2.06. The van der Waals surface area contributed by atoms with Crippen LogP contribution in [0.2, 0.25) is 0 Å². The van der Waals surface area contributed by atoms with Crippen molar-refractivity contribution in [2.24, 2.45) is 0 Å². The van der Waals surface area contributed by atoms with Crippen molar-refractivity contribution in [1.82, 2.24) is 10.2 Å². The molecule has 0 bridgehead atoms. The second-order valence-electron chi connectivity index (χ2n) is 6.95. The van der Waals surface area contributed by atoms with Crippen LogP contribution in [0.1, 0.15) is 44.6 Å². The Bertz CT molecular complexity index is 593. The lowest BCUT2D eigenvalue weighted by atomic mass is 10.2. The third kappa shape index (κ3) is 6.71. The first-order valence-electron chi connectivity index (χ1n) is 9.52. The summed E-state index contributed by atoms with van der Waals surface area (Å²) in [6, 6.07) is 5.90. The third-order valence-electron chi connectivity index (χ3n) is 4.51. The molecule has 0 spiro atoms. The summed E-state index contributed by atoms with van der Waals surface area (Å²) in [4.78, 5) is 14.3. The van der Waals surface area contributed by atoms with Crippen molar-refractivity contribution in [2.75, 3.05) is 33.4 Å². The van der Waals surface area contributed by atoms with E-state index in [2.05, 4.69) is 11.9 Å². The molecule has 1 heterocycles. The molecular formula is C21H32N2O3. The maximum Gasteiger partial charge on any atom is 0.223 e. The summed E-state index contributed by atoms with van der Waals surface area (Å²) < 4.78 is 11.1. The van der Waals surface area contributed by atoms with Crippen molar-refractivity contribution in [3.05, 3.63) is 35.9 Å². The Morgan fingerprint density at radius 2 is 1.92 bits per heavy atom. The average molecular weight is 360 g/mol. The molecular weight excluding hydrogens is 328 g/mol. The molecule has 144 valence electrons. The van der Waals surface area contributed by atoms with E-state index in [9.17, 15) is 4.79 Å². The highest BCUT2D eigenvalue weighted by Gasteiger charge is 2.14. The molecule has 1 saturated heterocycles. The predicted octanol–water partition coefficient (Wildman–Crippen LogP) is 3.53. The van der Waals surface area contributed by atoms with Crippen molar-refractivity contribution in [2.45, 2.75) is 45.6 Å². The molecule has 1 N–H and O–H groups in total. The maximum absolute atomic E-state index is 12.3.